The van der Waals surface area contributed by atoms with E-state index in [4.69, 9.17) is 0 Å². The van der Waals surface area contributed by atoms with Crippen molar-refractivity contribution in [2.75, 3.05) is 19.6 Å². The second-order valence-corrected chi connectivity index (χ2v) is 7.94. The highest BCUT2D eigenvalue weighted by Crippen LogP contribution is 2.22. The second-order valence-electron chi connectivity index (χ2n) is 5.89. The third kappa shape index (κ3) is 3.52. The van der Waals surface area contributed by atoms with Crippen LogP contribution >= 0.6 is 0 Å². The van der Waals surface area contributed by atoms with Crippen LogP contribution in [0.3, 0.4) is 0 Å². The van der Waals surface area contributed by atoms with E-state index in [0.29, 0.717) is 19.5 Å². The molecule has 1 N–H and O–H groups in total. The van der Waals surface area contributed by atoms with Gasteiger partial charge in [0.1, 0.15) is 0 Å². The van der Waals surface area contributed by atoms with Gasteiger partial charge in [0, 0.05) is 37.9 Å². The Morgan fingerprint density at radius 2 is 2.00 bits per heavy atom. The first-order chi connectivity index (χ1) is 10.4. The minimum absolute atomic E-state index is 0.292. The van der Waals surface area contributed by atoms with Crippen molar-refractivity contribution in [1.29, 1.82) is 0 Å². The monoisotopic (exact) mass is 328 g/mol. The number of rotatable bonds is 7. The minimum atomic E-state index is -3.17. The third-order valence-corrected chi connectivity index (χ3v) is 6.38. The van der Waals surface area contributed by atoms with Gasteiger partial charge in [0.2, 0.25) is 10.0 Å². The van der Waals surface area contributed by atoms with Gasteiger partial charge in [-0.25, -0.2) is 13.1 Å². The molecule has 2 heterocycles. The predicted molar refractivity (Wildman–Crippen MR) is 88.2 cm³/mol. The Labute approximate surface area is 133 Å². The van der Waals surface area contributed by atoms with Crippen LogP contribution in [0.25, 0.3) is 0 Å². The fourth-order valence-corrected chi connectivity index (χ4v) is 4.77. The lowest BCUT2D eigenvalue weighted by Crippen LogP contribution is -2.36. The van der Waals surface area contributed by atoms with Crippen LogP contribution in [0.2, 0.25) is 0 Å². The van der Waals surface area contributed by atoms with Crippen molar-refractivity contribution >= 4 is 10.0 Å². The molecular formula is C15H28N4O2S. The molecule has 1 aliphatic heterocycles. The van der Waals surface area contributed by atoms with Crippen molar-refractivity contribution in [1.82, 2.24) is 19.4 Å². The van der Waals surface area contributed by atoms with Crippen molar-refractivity contribution in [3.05, 3.63) is 17.0 Å². The number of aryl methyl sites for hydroxylation is 2. The molecule has 1 aromatic heterocycles. The van der Waals surface area contributed by atoms with Crippen molar-refractivity contribution in [3.8, 4) is 0 Å². The maximum absolute atomic E-state index is 12.1. The smallest absolute Gasteiger partial charge is 0.215 e. The zero-order valence-corrected chi connectivity index (χ0v) is 14.9. The Bertz CT molecular complexity index is 609. The number of nitrogens with zero attached hydrogens (tertiary/aromatic N) is 3. The highest BCUT2D eigenvalue weighted by molar-refractivity contribution is 7.90. The van der Waals surface area contributed by atoms with Gasteiger partial charge in [-0.05, 0) is 25.8 Å². The molecule has 126 valence electrons. The molecule has 22 heavy (non-hydrogen) atoms. The summed E-state index contributed by atoms with van der Waals surface area (Å²) in [5.74, 6) is 0. The van der Waals surface area contributed by atoms with E-state index in [0.717, 1.165) is 31.6 Å². The van der Waals surface area contributed by atoms with E-state index in [1.54, 1.807) is 0 Å². The van der Waals surface area contributed by atoms with Crippen LogP contribution in [-0.4, -0.2) is 48.0 Å². The predicted octanol–water partition coefficient (Wildman–Crippen LogP) is 1.06. The van der Waals surface area contributed by atoms with E-state index >= 15 is 0 Å². The molecule has 1 saturated heterocycles. The molecule has 7 heteroatoms. The van der Waals surface area contributed by atoms with Crippen LogP contribution in [0, 0.1) is 0 Å². The van der Waals surface area contributed by atoms with Gasteiger partial charge in [0.05, 0.1) is 10.9 Å². The Morgan fingerprint density at radius 1 is 1.27 bits per heavy atom. The summed E-state index contributed by atoms with van der Waals surface area (Å²) in [5.41, 5.74) is 3.68. The first-order valence-electron chi connectivity index (χ1n) is 8.17. The summed E-state index contributed by atoms with van der Waals surface area (Å²) in [7, 11) is -1.18. The number of hydrogen-bond acceptors (Lipinski definition) is 4. The van der Waals surface area contributed by atoms with Crippen LogP contribution in [0.4, 0.5) is 0 Å². The molecule has 0 aromatic carbocycles. The first kappa shape index (κ1) is 17.4. The average Bonchev–Trinajstić information content (AvgIpc) is 3.04. The lowest BCUT2D eigenvalue weighted by molar-refractivity contribution is 0.329. The van der Waals surface area contributed by atoms with Crippen molar-refractivity contribution < 1.29 is 8.42 Å². The van der Waals surface area contributed by atoms with Gasteiger partial charge in [-0.3, -0.25) is 9.58 Å². The highest BCUT2D eigenvalue weighted by Gasteiger charge is 2.33. The molecule has 1 aromatic rings. The largest absolute Gasteiger partial charge is 0.298 e. The summed E-state index contributed by atoms with van der Waals surface area (Å²) in [6, 6.07) is 0. The molecule has 6 nitrogen and oxygen atoms in total. The molecule has 1 atom stereocenters. The molecule has 1 unspecified atom stereocenters. The number of sulfonamides is 1. The Kier molecular flexibility index (Phi) is 5.63. The van der Waals surface area contributed by atoms with Gasteiger partial charge in [-0.2, -0.15) is 5.10 Å². The van der Waals surface area contributed by atoms with E-state index in [-0.39, 0.29) is 5.25 Å². The molecule has 2 rings (SSSR count). The van der Waals surface area contributed by atoms with Crippen LogP contribution in [0.5, 0.6) is 0 Å². The fraction of sp³-hybridized carbons (Fsp3) is 0.800. The fourth-order valence-electron chi connectivity index (χ4n) is 3.31. The van der Waals surface area contributed by atoms with Gasteiger partial charge in [0.15, 0.2) is 0 Å². The first-order valence-corrected chi connectivity index (χ1v) is 9.71. The van der Waals surface area contributed by atoms with Crippen LogP contribution in [0.15, 0.2) is 0 Å². The lowest BCUT2D eigenvalue weighted by atomic mass is 10.1. The maximum Gasteiger partial charge on any atom is 0.215 e. The lowest BCUT2D eigenvalue weighted by Gasteiger charge is -2.17. The van der Waals surface area contributed by atoms with Crippen molar-refractivity contribution in [3.63, 3.8) is 0 Å². The van der Waals surface area contributed by atoms with Crippen molar-refractivity contribution in [2.24, 2.45) is 7.05 Å². The van der Waals surface area contributed by atoms with Crippen LogP contribution in [-0.2, 0) is 36.5 Å². The van der Waals surface area contributed by atoms with Gasteiger partial charge in [0.25, 0.3) is 0 Å². The number of nitrogens with one attached hydrogen (secondary N) is 1. The van der Waals surface area contributed by atoms with E-state index in [1.165, 1.54) is 11.3 Å². The normalized spacial score (nSPS) is 19.9. The molecule has 1 fully saturated rings. The van der Waals surface area contributed by atoms with E-state index < -0.39 is 10.0 Å². The highest BCUT2D eigenvalue weighted by atomic mass is 32.2. The summed E-state index contributed by atoms with van der Waals surface area (Å²) >= 11 is 0. The standard InChI is InChI=1S/C15H28N4O2S/c1-5-14-13(15(6-2)18(4)17-14)11-19-9-8-12(10-19)22(20,21)16-7-3/h12,16H,5-11H2,1-4H3. The zero-order valence-electron chi connectivity index (χ0n) is 14.1. The van der Waals surface area contributed by atoms with Crippen molar-refractivity contribution in [2.45, 2.75) is 51.8 Å². The minimum Gasteiger partial charge on any atom is -0.298 e. The van der Waals surface area contributed by atoms with Gasteiger partial charge in [-0.15, -0.1) is 0 Å². The molecular weight excluding hydrogens is 300 g/mol. The molecule has 0 saturated carbocycles. The molecule has 0 spiro atoms. The average molecular weight is 328 g/mol. The molecule has 0 aliphatic carbocycles. The zero-order chi connectivity index (χ0) is 16.3. The summed E-state index contributed by atoms with van der Waals surface area (Å²) in [4.78, 5) is 2.24. The quantitative estimate of drug-likeness (QED) is 0.813. The van der Waals surface area contributed by atoms with Gasteiger partial charge >= 0.3 is 0 Å². The molecule has 0 amide bonds. The summed E-state index contributed by atoms with van der Waals surface area (Å²) in [6.07, 6.45) is 2.57. The molecule has 0 radical (unpaired) electrons. The Hall–Kier alpha value is -0.920. The Balaban J connectivity index is 2.11. The third-order valence-electron chi connectivity index (χ3n) is 4.42. The number of likely N-dealkylation sites (tertiary alicyclic amines) is 1. The summed E-state index contributed by atoms with van der Waals surface area (Å²) < 4.78 is 28.8. The number of aromatic nitrogens is 2. The van der Waals surface area contributed by atoms with E-state index in [1.807, 2.05) is 18.7 Å². The summed E-state index contributed by atoms with van der Waals surface area (Å²) in [5, 5.41) is 4.31. The maximum atomic E-state index is 12.1. The molecule has 0 bridgehead atoms. The van der Waals surface area contributed by atoms with E-state index in [9.17, 15) is 8.42 Å². The van der Waals surface area contributed by atoms with Gasteiger partial charge < -0.3 is 0 Å². The van der Waals surface area contributed by atoms with Crippen LogP contribution in [0.1, 0.15) is 44.1 Å². The topological polar surface area (TPSA) is 67.2 Å². The molecule has 1 aliphatic rings. The van der Waals surface area contributed by atoms with E-state index in [2.05, 4.69) is 28.6 Å². The van der Waals surface area contributed by atoms with Crippen LogP contribution < -0.4 is 4.72 Å². The second kappa shape index (κ2) is 7.10. The Morgan fingerprint density at radius 3 is 2.59 bits per heavy atom. The summed E-state index contributed by atoms with van der Waals surface area (Å²) in [6.45, 7) is 8.78. The number of hydrogen-bond donors (Lipinski definition) is 1. The SMILES string of the molecule is CCNS(=O)(=O)C1CCN(Cc2c(CC)nn(C)c2CC)C1. The van der Waals surface area contributed by atoms with Gasteiger partial charge in [-0.1, -0.05) is 20.8 Å².